The molecule has 1 aliphatic heterocycles. The van der Waals surface area contributed by atoms with Gasteiger partial charge in [0, 0.05) is 37.6 Å². The highest BCUT2D eigenvalue weighted by Gasteiger charge is 2.32. The number of alkyl halides is 1. The van der Waals surface area contributed by atoms with Gasteiger partial charge in [0.15, 0.2) is 0 Å². The third kappa shape index (κ3) is 3.04. The minimum absolute atomic E-state index is 0.258. The molecular formula is C13H19ClN2O2S2. The Morgan fingerprint density at radius 2 is 1.95 bits per heavy atom. The van der Waals surface area contributed by atoms with Crippen LogP contribution >= 0.6 is 22.9 Å². The van der Waals surface area contributed by atoms with Crippen molar-refractivity contribution in [1.29, 1.82) is 0 Å². The van der Waals surface area contributed by atoms with Crippen molar-refractivity contribution in [3.8, 4) is 0 Å². The summed E-state index contributed by atoms with van der Waals surface area (Å²) in [6.07, 6.45) is 2.68. The van der Waals surface area contributed by atoms with Crippen LogP contribution in [0.5, 0.6) is 0 Å². The van der Waals surface area contributed by atoms with E-state index in [0.717, 1.165) is 30.4 Å². The molecular weight excluding hydrogens is 316 g/mol. The Hall–Kier alpha value is -0.140. The maximum Gasteiger partial charge on any atom is 0.244 e. The van der Waals surface area contributed by atoms with E-state index in [-0.39, 0.29) is 5.88 Å². The second-order valence-corrected chi connectivity index (χ2v) is 8.66. The molecule has 7 heteroatoms. The summed E-state index contributed by atoms with van der Waals surface area (Å²) in [6.45, 7) is 4.00. The van der Waals surface area contributed by atoms with Crippen molar-refractivity contribution in [2.24, 2.45) is 5.92 Å². The minimum atomic E-state index is -3.37. The fraction of sp³-hybridized carbons (Fsp3) is 0.692. The Balaban J connectivity index is 1.67. The maximum absolute atomic E-state index is 12.6. The van der Waals surface area contributed by atoms with E-state index >= 15 is 0 Å². The van der Waals surface area contributed by atoms with Gasteiger partial charge < -0.3 is 4.90 Å². The summed E-state index contributed by atoms with van der Waals surface area (Å²) < 4.78 is 26.9. The number of nitrogens with zero attached hydrogens (tertiary/aromatic N) is 2. The molecule has 0 spiro atoms. The zero-order valence-electron chi connectivity index (χ0n) is 11.3. The predicted molar refractivity (Wildman–Crippen MR) is 81.8 cm³/mol. The number of sulfonamides is 1. The van der Waals surface area contributed by atoms with E-state index in [2.05, 4.69) is 4.90 Å². The van der Waals surface area contributed by atoms with Gasteiger partial charge in [-0.15, -0.1) is 22.9 Å². The van der Waals surface area contributed by atoms with Gasteiger partial charge in [-0.05, 0) is 30.2 Å². The van der Waals surface area contributed by atoms with Gasteiger partial charge in [-0.2, -0.15) is 4.31 Å². The fourth-order valence-electron chi connectivity index (χ4n) is 2.61. The molecule has 2 fully saturated rings. The molecule has 0 bridgehead atoms. The van der Waals surface area contributed by atoms with Crippen LogP contribution in [0.3, 0.4) is 0 Å². The molecule has 2 aliphatic rings. The van der Waals surface area contributed by atoms with E-state index in [4.69, 9.17) is 11.6 Å². The van der Waals surface area contributed by atoms with Crippen LogP contribution in [0.25, 0.3) is 0 Å². The zero-order valence-corrected chi connectivity index (χ0v) is 13.7. The second-order valence-electron chi connectivity index (χ2n) is 5.49. The van der Waals surface area contributed by atoms with Gasteiger partial charge in [-0.1, -0.05) is 0 Å². The van der Waals surface area contributed by atoms with Crippen LogP contribution in [0.2, 0.25) is 0 Å². The first kappa shape index (κ1) is 14.8. The van der Waals surface area contributed by atoms with Crippen LogP contribution in [0.1, 0.15) is 17.7 Å². The van der Waals surface area contributed by atoms with Crippen molar-refractivity contribution in [3.05, 3.63) is 16.3 Å². The van der Waals surface area contributed by atoms with E-state index in [1.807, 2.05) is 0 Å². The Kier molecular flexibility index (Phi) is 4.38. The first-order chi connectivity index (χ1) is 9.61. The molecule has 0 radical (unpaired) electrons. The average Bonchev–Trinajstić information content (AvgIpc) is 3.12. The molecule has 1 aromatic rings. The highest BCUT2D eigenvalue weighted by atomic mass is 35.5. The van der Waals surface area contributed by atoms with Gasteiger partial charge in [-0.3, -0.25) is 0 Å². The SMILES string of the molecule is O=S(=O)(c1ccsc1CCl)N1CCN(CC2CC2)CC1. The molecule has 1 saturated carbocycles. The molecule has 3 rings (SSSR count). The summed E-state index contributed by atoms with van der Waals surface area (Å²) in [5.41, 5.74) is 0. The number of halogens is 1. The Labute approximate surface area is 129 Å². The zero-order chi connectivity index (χ0) is 14.2. The van der Waals surface area contributed by atoms with Crippen LogP contribution in [0.4, 0.5) is 0 Å². The second kappa shape index (κ2) is 5.93. The molecule has 1 aromatic heterocycles. The molecule has 1 saturated heterocycles. The molecule has 0 unspecified atom stereocenters. The number of thiophene rings is 1. The summed E-state index contributed by atoms with van der Waals surface area (Å²) in [7, 11) is -3.37. The Morgan fingerprint density at radius 3 is 2.55 bits per heavy atom. The average molecular weight is 335 g/mol. The number of piperazine rings is 1. The van der Waals surface area contributed by atoms with Crippen molar-refractivity contribution in [1.82, 2.24) is 9.21 Å². The minimum Gasteiger partial charge on any atom is -0.300 e. The van der Waals surface area contributed by atoms with Crippen molar-refractivity contribution < 1.29 is 8.42 Å². The number of hydrogen-bond acceptors (Lipinski definition) is 4. The quantitative estimate of drug-likeness (QED) is 0.775. The van der Waals surface area contributed by atoms with Crippen LogP contribution in [-0.4, -0.2) is 50.3 Å². The van der Waals surface area contributed by atoms with Gasteiger partial charge in [0.1, 0.15) is 0 Å². The van der Waals surface area contributed by atoms with Crippen LogP contribution < -0.4 is 0 Å². The van der Waals surface area contributed by atoms with Gasteiger partial charge in [-0.25, -0.2) is 8.42 Å². The van der Waals surface area contributed by atoms with Crippen LogP contribution in [0.15, 0.2) is 16.3 Å². The largest absolute Gasteiger partial charge is 0.300 e. The summed E-state index contributed by atoms with van der Waals surface area (Å²) >= 11 is 7.23. The summed E-state index contributed by atoms with van der Waals surface area (Å²) in [5.74, 6) is 1.12. The van der Waals surface area contributed by atoms with E-state index in [9.17, 15) is 8.42 Å². The highest BCUT2D eigenvalue weighted by molar-refractivity contribution is 7.89. The third-order valence-corrected chi connectivity index (χ3v) is 7.45. The lowest BCUT2D eigenvalue weighted by atomic mass is 10.3. The van der Waals surface area contributed by atoms with Gasteiger partial charge in [0.25, 0.3) is 0 Å². The normalized spacial score (nSPS) is 22.2. The predicted octanol–water partition coefficient (Wildman–Crippen LogP) is 2.20. The third-order valence-electron chi connectivity index (χ3n) is 3.99. The molecule has 0 amide bonds. The number of rotatable bonds is 5. The topological polar surface area (TPSA) is 40.6 Å². The van der Waals surface area contributed by atoms with Gasteiger partial charge in [0.2, 0.25) is 10.0 Å². The molecule has 112 valence electrons. The Morgan fingerprint density at radius 1 is 1.25 bits per heavy atom. The summed E-state index contributed by atoms with van der Waals surface area (Å²) in [5, 5.41) is 1.80. The fourth-order valence-corrected chi connectivity index (χ4v) is 5.71. The highest BCUT2D eigenvalue weighted by Crippen LogP contribution is 2.31. The van der Waals surface area contributed by atoms with Gasteiger partial charge in [0.05, 0.1) is 10.8 Å². The molecule has 4 nitrogen and oxygen atoms in total. The first-order valence-corrected chi connectivity index (χ1v) is 9.81. The molecule has 0 aromatic carbocycles. The maximum atomic E-state index is 12.6. The summed E-state index contributed by atoms with van der Waals surface area (Å²) in [6, 6.07) is 1.67. The van der Waals surface area contributed by atoms with Crippen LogP contribution in [-0.2, 0) is 15.9 Å². The lowest BCUT2D eigenvalue weighted by Gasteiger charge is -2.34. The molecule has 0 N–H and O–H groups in total. The number of hydrogen-bond donors (Lipinski definition) is 0. The van der Waals surface area contributed by atoms with Gasteiger partial charge >= 0.3 is 0 Å². The molecule has 0 atom stereocenters. The van der Waals surface area contributed by atoms with Crippen LogP contribution in [0, 0.1) is 5.92 Å². The van der Waals surface area contributed by atoms with E-state index < -0.39 is 10.0 Å². The molecule has 20 heavy (non-hydrogen) atoms. The first-order valence-electron chi connectivity index (χ1n) is 6.96. The van der Waals surface area contributed by atoms with E-state index in [1.165, 1.54) is 24.2 Å². The van der Waals surface area contributed by atoms with E-state index in [0.29, 0.717) is 18.0 Å². The van der Waals surface area contributed by atoms with E-state index in [1.54, 1.807) is 15.8 Å². The van der Waals surface area contributed by atoms with Crippen molar-refractivity contribution in [2.45, 2.75) is 23.6 Å². The summed E-state index contributed by atoms with van der Waals surface area (Å²) in [4.78, 5) is 3.53. The van der Waals surface area contributed by atoms with Crippen molar-refractivity contribution in [3.63, 3.8) is 0 Å². The standard InChI is InChI=1S/C13H19ClN2O2S2/c14-9-12-13(3-8-19-12)20(17,18)16-6-4-15(5-7-16)10-11-1-2-11/h3,8,11H,1-2,4-7,9-10H2. The molecule has 1 aliphatic carbocycles. The lowest BCUT2D eigenvalue weighted by Crippen LogP contribution is -2.49. The van der Waals surface area contributed by atoms with Crippen molar-refractivity contribution >= 4 is 33.0 Å². The van der Waals surface area contributed by atoms with Crippen molar-refractivity contribution in [2.75, 3.05) is 32.7 Å². The smallest absolute Gasteiger partial charge is 0.244 e. The molecule has 2 heterocycles. The lowest BCUT2D eigenvalue weighted by molar-refractivity contribution is 0.182. The monoisotopic (exact) mass is 334 g/mol. The Bertz CT molecular complexity index is 561.